The van der Waals surface area contributed by atoms with E-state index in [4.69, 9.17) is 23.2 Å². The zero-order valence-corrected chi connectivity index (χ0v) is 15.5. The highest BCUT2D eigenvalue weighted by Crippen LogP contribution is 2.21. The van der Waals surface area contributed by atoms with Crippen molar-refractivity contribution < 1.29 is 0 Å². The lowest BCUT2D eigenvalue weighted by Crippen LogP contribution is -2.16. The maximum atomic E-state index is 6.18. The van der Waals surface area contributed by atoms with E-state index in [2.05, 4.69) is 39.6 Å². The summed E-state index contributed by atoms with van der Waals surface area (Å²) in [5.41, 5.74) is 1.06. The van der Waals surface area contributed by atoms with Gasteiger partial charge in [0.25, 0.3) is 0 Å². The molecule has 1 aromatic carbocycles. The van der Waals surface area contributed by atoms with Gasteiger partial charge in [-0.05, 0) is 51.2 Å². The van der Waals surface area contributed by atoms with Crippen molar-refractivity contribution in [2.75, 3.05) is 44.4 Å². The lowest BCUT2D eigenvalue weighted by Gasteiger charge is -2.11. The van der Waals surface area contributed by atoms with Gasteiger partial charge in [0.2, 0.25) is 0 Å². The van der Waals surface area contributed by atoms with E-state index in [0.717, 1.165) is 49.7 Å². The molecule has 5 nitrogen and oxygen atoms in total. The highest BCUT2D eigenvalue weighted by molar-refractivity contribution is 6.35. The minimum Gasteiger partial charge on any atom is -0.370 e. The zero-order chi connectivity index (χ0) is 17.4. The Hall–Kier alpha value is -1.56. The molecule has 1 aromatic heterocycles. The fourth-order valence-electron chi connectivity index (χ4n) is 2.21. The molecule has 1 heterocycles. The van der Waals surface area contributed by atoms with E-state index >= 15 is 0 Å². The molecule has 0 saturated heterocycles. The van der Waals surface area contributed by atoms with Gasteiger partial charge >= 0.3 is 0 Å². The van der Waals surface area contributed by atoms with E-state index in [-0.39, 0.29) is 0 Å². The topological polar surface area (TPSA) is 53.1 Å². The largest absolute Gasteiger partial charge is 0.370 e. The van der Waals surface area contributed by atoms with Crippen molar-refractivity contribution in [2.24, 2.45) is 0 Å². The summed E-state index contributed by atoms with van der Waals surface area (Å²) in [4.78, 5) is 10.6. The summed E-state index contributed by atoms with van der Waals surface area (Å²) >= 11 is 12.1. The Morgan fingerprint density at radius 3 is 2.38 bits per heavy atom. The first-order valence-corrected chi connectivity index (χ1v) is 8.68. The fraction of sp³-hybridized carbons (Fsp3) is 0.412. The van der Waals surface area contributed by atoms with E-state index < -0.39 is 0 Å². The van der Waals surface area contributed by atoms with Gasteiger partial charge in [0.15, 0.2) is 0 Å². The Labute approximate surface area is 153 Å². The zero-order valence-electron chi connectivity index (χ0n) is 14.0. The minimum absolute atomic E-state index is 0.650. The van der Waals surface area contributed by atoms with Crippen LogP contribution in [0.1, 0.15) is 12.0 Å². The highest BCUT2D eigenvalue weighted by Gasteiger charge is 2.02. The average Bonchev–Trinajstić information content (AvgIpc) is 2.54. The molecule has 0 spiro atoms. The predicted octanol–water partition coefficient (Wildman–Crippen LogP) is 3.80. The summed E-state index contributed by atoms with van der Waals surface area (Å²) in [5.74, 6) is 1.63. The Balaban J connectivity index is 1.79. The van der Waals surface area contributed by atoms with Crippen molar-refractivity contribution >= 4 is 34.8 Å². The lowest BCUT2D eigenvalue weighted by molar-refractivity contribution is 0.405. The van der Waals surface area contributed by atoms with Crippen LogP contribution in [0.4, 0.5) is 11.6 Å². The Morgan fingerprint density at radius 1 is 1.00 bits per heavy atom. The smallest absolute Gasteiger partial charge is 0.131 e. The first-order valence-electron chi connectivity index (χ1n) is 7.93. The summed E-state index contributed by atoms with van der Waals surface area (Å²) in [6, 6.07) is 7.48. The summed E-state index contributed by atoms with van der Waals surface area (Å²) in [6.45, 7) is 2.67. The molecule has 7 heteroatoms. The van der Waals surface area contributed by atoms with Gasteiger partial charge in [-0.3, -0.25) is 0 Å². The molecule has 0 aliphatic carbocycles. The number of halogens is 2. The van der Waals surface area contributed by atoms with Crippen LogP contribution in [-0.4, -0.2) is 48.6 Å². The van der Waals surface area contributed by atoms with Crippen molar-refractivity contribution in [3.63, 3.8) is 0 Å². The van der Waals surface area contributed by atoms with Crippen LogP contribution >= 0.6 is 23.2 Å². The third kappa shape index (κ3) is 6.51. The second-order valence-electron chi connectivity index (χ2n) is 5.78. The second kappa shape index (κ2) is 9.67. The summed E-state index contributed by atoms with van der Waals surface area (Å²) in [7, 11) is 4.14. The first kappa shape index (κ1) is 18.8. The fourth-order valence-corrected chi connectivity index (χ4v) is 2.72. The first-order chi connectivity index (χ1) is 11.5. The molecule has 2 aromatic rings. The highest BCUT2D eigenvalue weighted by atomic mass is 35.5. The molecule has 0 amide bonds. The normalized spacial score (nSPS) is 10.9. The SMILES string of the molecule is CN(C)CCCNc1cc(NCCc2ccc(Cl)cc2Cl)ncn1. The van der Waals surface area contributed by atoms with Crippen LogP contribution in [0, 0.1) is 0 Å². The number of hydrogen-bond donors (Lipinski definition) is 2. The van der Waals surface area contributed by atoms with Gasteiger partial charge in [-0.15, -0.1) is 0 Å². The maximum Gasteiger partial charge on any atom is 0.131 e. The molecule has 24 heavy (non-hydrogen) atoms. The molecule has 0 aliphatic rings. The number of nitrogens with one attached hydrogen (secondary N) is 2. The van der Waals surface area contributed by atoms with Gasteiger partial charge in [-0.1, -0.05) is 29.3 Å². The van der Waals surface area contributed by atoms with Crippen LogP contribution in [0.15, 0.2) is 30.6 Å². The Morgan fingerprint density at radius 2 is 1.71 bits per heavy atom. The van der Waals surface area contributed by atoms with Gasteiger partial charge in [-0.2, -0.15) is 0 Å². The average molecular weight is 368 g/mol. The number of aromatic nitrogens is 2. The molecule has 130 valence electrons. The predicted molar refractivity (Wildman–Crippen MR) is 102 cm³/mol. The van der Waals surface area contributed by atoms with Crippen molar-refractivity contribution in [1.82, 2.24) is 14.9 Å². The van der Waals surface area contributed by atoms with Gasteiger partial charge < -0.3 is 15.5 Å². The minimum atomic E-state index is 0.650. The van der Waals surface area contributed by atoms with E-state index in [9.17, 15) is 0 Å². The van der Waals surface area contributed by atoms with Crippen molar-refractivity contribution in [1.29, 1.82) is 0 Å². The number of benzene rings is 1. The van der Waals surface area contributed by atoms with Crippen molar-refractivity contribution in [3.05, 3.63) is 46.2 Å². The molecule has 2 rings (SSSR count). The Kier molecular flexibility index (Phi) is 7.56. The van der Waals surface area contributed by atoms with Crippen LogP contribution in [0.2, 0.25) is 10.0 Å². The van der Waals surface area contributed by atoms with Crippen LogP contribution in [0.25, 0.3) is 0 Å². The van der Waals surface area contributed by atoms with Crippen molar-refractivity contribution in [2.45, 2.75) is 12.8 Å². The summed E-state index contributed by atoms with van der Waals surface area (Å²) < 4.78 is 0. The maximum absolute atomic E-state index is 6.18. The molecule has 0 aliphatic heterocycles. The third-order valence-corrected chi connectivity index (χ3v) is 4.06. The number of rotatable bonds is 9. The van der Waals surface area contributed by atoms with E-state index in [1.807, 2.05) is 18.2 Å². The molecule has 0 fully saturated rings. The number of anilines is 2. The molecule has 0 saturated carbocycles. The number of nitrogens with zero attached hydrogens (tertiary/aromatic N) is 3. The summed E-state index contributed by atoms with van der Waals surface area (Å²) in [6.07, 6.45) is 3.42. The van der Waals surface area contributed by atoms with E-state index in [1.165, 1.54) is 0 Å². The monoisotopic (exact) mass is 367 g/mol. The molecule has 0 bridgehead atoms. The van der Waals surface area contributed by atoms with Crippen LogP contribution in [0.3, 0.4) is 0 Å². The molecule has 0 radical (unpaired) electrons. The standard InChI is InChI=1S/C17H23Cl2N5/c1-24(2)9-3-7-20-16-11-17(23-12-22-16)21-8-6-13-4-5-14(18)10-15(13)19/h4-5,10-12H,3,6-9H2,1-2H3,(H2,20,21,22,23). The molecular formula is C17H23Cl2N5. The molecule has 2 N–H and O–H groups in total. The lowest BCUT2D eigenvalue weighted by atomic mass is 10.1. The molecule has 0 unspecified atom stereocenters. The van der Waals surface area contributed by atoms with Crippen LogP contribution < -0.4 is 10.6 Å². The molecule has 0 atom stereocenters. The van der Waals surface area contributed by atoms with Crippen molar-refractivity contribution in [3.8, 4) is 0 Å². The number of hydrogen-bond acceptors (Lipinski definition) is 5. The molecular weight excluding hydrogens is 345 g/mol. The quantitative estimate of drug-likeness (QED) is 0.660. The van der Waals surface area contributed by atoms with Gasteiger partial charge in [0, 0.05) is 29.2 Å². The van der Waals surface area contributed by atoms with Crippen LogP contribution in [-0.2, 0) is 6.42 Å². The van der Waals surface area contributed by atoms with Gasteiger partial charge in [0.1, 0.15) is 18.0 Å². The van der Waals surface area contributed by atoms with Crippen LogP contribution in [0.5, 0.6) is 0 Å². The van der Waals surface area contributed by atoms with Gasteiger partial charge in [-0.25, -0.2) is 9.97 Å². The van der Waals surface area contributed by atoms with E-state index in [0.29, 0.717) is 10.0 Å². The summed E-state index contributed by atoms with van der Waals surface area (Å²) in [5, 5.41) is 7.94. The van der Waals surface area contributed by atoms with E-state index in [1.54, 1.807) is 12.4 Å². The third-order valence-electron chi connectivity index (χ3n) is 3.47. The Bertz CT molecular complexity index is 649. The van der Waals surface area contributed by atoms with Gasteiger partial charge in [0.05, 0.1) is 0 Å². The second-order valence-corrected chi connectivity index (χ2v) is 6.63.